The predicted octanol–water partition coefficient (Wildman–Crippen LogP) is 2.63. The van der Waals surface area contributed by atoms with Crippen molar-refractivity contribution in [2.45, 2.75) is 32.9 Å². The van der Waals surface area contributed by atoms with Crippen molar-refractivity contribution in [3.8, 4) is 5.75 Å². The molecule has 0 saturated heterocycles. The van der Waals surface area contributed by atoms with Gasteiger partial charge in [-0.1, -0.05) is 19.1 Å². The number of imidazole rings is 1. The number of nitrogens with one attached hydrogen (secondary N) is 1. The van der Waals surface area contributed by atoms with Crippen LogP contribution >= 0.6 is 0 Å². The zero-order valence-electron chi connectivity index (χ0n) is 12.3. The Kier molecular flexibility index (Phi) is 5.62. The highest BCUT2D eigenvalue weighted by Gasteiger charge is 1.99. The smallest absolute Gasteiger partial charge is 0.118 e. The van der Waals surface area contributed by atoms with Gasteiger partial charge >= 0.3 is 0 Å². The molecule has 20 heavy (non-hydrogen) atoms. The molecule has 0 aliphatic heterocycles. The molecule has 4 heteroatoms. The maximum Gasteiger partial charge on any atom is 0.118 e. The first-order valence-electron chi connectivity index (χ1n) is 7.16. The molecule has 1 aromatic carbocycles. The van der Waals surface area contributed by atoms with E-state index in [1.54, 1.807) is 7.11 Å². The lowest BCUT2D eigenvalue weighted by molar-refractivity contribution is 0.414. The first-order valence-corrected chi connectivity index (χ1v) is 7.16. The van der Waals surface area contributed by atoms with Crippen LogP contribution in [0.15, 0.2) is 36.8 Å². The van der Waals surface area contributed by atoms with E-state index in [0.717, 1.165) is 43.9 Å². The van der Waals surface area contributed by atoms with Gasteiger partial charge in [0.15, 0.2) is 0 Å². The number of hydrogen-bond acceptors (Lipinski definition) is 3. The number of benzene rings is 1. The van der Waals surface area contributed by atoms with E-state index < -0.39 is 0 Å². The minimum absolute atomic E-state index is 0.851. The highest BCUT2D eigenvalue weighted by molar-refractivity contribution is 5.27. The van der Waals surface area contributed by atoms with E-state index in [4.69, 9.17) is 4.74 Å². The Balaban J connectivity index is 1.81. The fraction of sp³-hybridized carbons (Fsp3) is 0.438. The summed E-state index contributed by atoms with van der Waals surface area (Å²) in [6.07, 6.45) is 6.18. The van der Waals surface area contributed by atoms with E-state index in [1.165, 1.54) is 5.56 Å². The zero-order chi connectivity index (χ0) is 14.2. The van der Waals surface area contributed by atoms with Crippen molar-refractivity contribution >= 4 is 0 Å². The normalized spacial score (nSPS) is 10.7. The van der Waals surface area contributed by atoms with Gasteiger partial charge in [-0.2, -0.15) is 0 Å². The van der Waals surface area contributed by atoms with Crippen molar-refractivity contribution in [3.05, 3.63) is 48.0 Å². The Morgan fingerprint density at radius 2 is 2.05 bits per heavy atom. The third kappa shape index (κ3) is 4.38. The number of methoxy groups -OCH3 is 1. The predicted molar refractivity (Wildman–Crippen MR) is 80.9 cm³/mol. The monoisotopic (exact) mass is 273 g/mol. The second-order valence-corrected chi connectivity index (χ2v) is 4.88. The topological polar surface area (TPSA) is 39.1 Å². The Bertz CT molecular complexity index is 505. The molecule has 0 aliphatic carbocycles. The summed E-state index contributed by atoms with van der Waals surface area (Å²) in [7, 11) is 1.69. The molecule has 0 bridgehead atoms. The highest BCUT2D eigenvalue weighted by atomic mass is 16.5. The Morgan fingerprint density at radius 3 is 2.75 bits per heavy atom. The van der Waals surface area contributed by atoms with E-state index in [0.29, 0.717) is 0 Å². The Morgan fingerprint density at radius 1 is 1.25 bits per heavy atom. The molecule has 0 radical (unpaired) electrons. The maximum absolute atomic E-state index is 5.16. The number of nitrogens with zero attached hydrogens (tertiary/aromatic N) is 2. The third-order valence-electron chi connectivity index (χ3n) is 3.24. The number of ether oxygens (including phenoxy) is 1. The van der Waals surface area contributed by atoms with Crippen LogP contribution in [0.2, 0.25) is 0 Å². The van der Waals surface area contributed by atoms with Crippen LogP contribution in [-0.2, 0) is 19.5 Å². The molecular weight excluding hydrogens is 250 g/mol. The molecule has 1 heterocycles. The van der Waals surface area contributed by atoms with Crippen LogP contribution in [0.5, 0.6) is 5.75 Å². The number of aromatic nitrogens is 2. The molecule has 0 atom stereocenters. The van der Waals surface area contributed by atoms with Gasteiger partial charge < -0.3 is 14.6 Å². The number of aryl methyl sites for hydroxylation is 2. The van der Waals surface area contributed by atoms with Gasteiger partial charge in [-0.05, 0) is 37.1 Å². The van der Waals surface area contributed by atoms with Gasteiger partial charge in [0, 0.05) is 19.3 Å². The Hall–Kier alpha value is -1.81. The fourth-order valence-electron chi connectivity index (χ4n) is 2.06. The van der Waals surface area contributed by atoms with Crippen molar-refractivity contribution in [2.75, 3.05) is 13.7 Å². The largest absolute Gasteiger partial charge is 0.497 e. The molecule has 0 fully saturated rings. The average molecular weight is 273 g/mol. The van der Waals surface area contributed by atoms with E-state index in [-0.39, 0.29) is 0 Å². The summed E-state index contributed by atoms with van der Waals surface area (Å²) in [6, 6.07) is 8.23. The van der Waals surface area contributed by atoms with Crippen LogP contribution in [0.4, 0.5) is 0 Å². The second-order valence-electron chi connectivity index (χ2n) is 4.88. The van der Waals surface area contributed by atoms with Crippen molar-refractivity contribution in [3.63, 3.8) is 0 Å². The summed E-state index contributed by atoms with van der Waals surface area (Å²) >= 11 is 0. The van der Waals surface area contributed by atoms with Crippen LogP contribution in [0.25, 0.3) is 0 Å². The van der Waals surface area contributed by atoms with Crippen molar-refractivity contribution in [1.82, 2.24) is 14.9 Å². The molecule has 2 aromatic rings. The average Bonchev–Trinajstić information content (AvgIpc) is 2.94. The van der Waals surface area contributed by atoms with Crippen molar-refractivity contribution < 1.29 is 4.74 Å². The van der Waals surface area contributed by atoms with E-state index in [2.05, 4.69) is 40.1 Å². The summed E-state index contributed by atoms with van der Waals surface area (Å²) in [4.78, 5) is 4.41. The first kappa shape index (κ1) is 14.6. The van der Waals surface area contributed by atoms with Gasteiger partial charge in [0.05, 0.1) is 19.1 Å². The summed E-state index contributed by atoms with van der Waals surface area (Å²) in [6.45, 7) is 5.01. The van der Waals surface area contributed by atoms with E-state index in [1.807, 2.05) is 18.5 Å². The van der Waals surface area contributed by atoms with Crippen molar-refractivity contribution in [2.24, 2.45) is 0 Å². The molecule has 0 unspecified atom stereocenters. The molecule has 1 N–H and O–H groups in total. The molecule has 1 aromatic heterocycles. The molecular formula is C16H23N3O. The van der Waals surface area contributed by atoms with Crippen LogP contribution < -0.4 is 10.1 Å². The lowest BCUT2D eigenvalue weighted by Gasteiger charge is -2.04. The van der Waals surface area contributed by atoms with Gasteiger partial charge in [-0.3, -0.25) is 0 Å². The summed E-state index contributed by atoms with van der Waals surface area (Å²) in [5.41, 5.74) is 2.42. The minimum atomic E-state index is 0.851. The van der Waals surface area contributed by atoms with Gasteiger partial charge in [0.25, 0.3) is 0 Å². The maximum atomic E-state index is 5.16. The van der Waals surface area contributed by atoms with Crippen LogP contribution in [0.1, 0.15) is 24.6 Å². The summed E-state index contributed by atoms with van der Waals surface area (Å²) < 4.78 is 7.31. The zero-order valence-corrected chi connectivity index (χ0v) is 12.3. The molecule has 0 spiro atoms. The third-order valence-corrected chi connectivity index (χ3v) is 3.24. The highest BCUT2D eigenvalue weighted by Crippen LogP contribution is 2.12. The quantitative estimate of drug-likeness (QED) is 0.752. The van der Waals surface area contributed by atoms with Crippen LogP contribution in [-0.4, -0.2) is 23.2 Å². The standard InChI is InChI=1S/C16H23N3O/c1-3-9-17-11-15-12-19(13-18-15)10-8-14-4-6-16(20-2)7-5-14/h4-7,12-13,17H,3,8-11H2,1-2H3. The van der Waals surface area contributed by atoms with E-state index >= 15 is 0 Å². The molecule has 108 valence electrons. The molecule has 0 amide bonds. The summed E-state index contributed by atoms with van der Waals surface area (Å²) in [5.74, 6) is 0.903. The molecule has 0 aliphatic rings. The van der Waals surface area contributed by atoms with Crippen molar-refractivity contribution in [1.29, 1.82) is 0 Å². The van der Waals surface area contributed by atoms with Crippen LogP contribution in [0.3, 0.4) is 0 Å². The lowest BCUT2D eigenvalue weighted by Crippen LogP contribution is -2.13. The van der Waals surface area contributed by atoms with Gasteiger partial charge in [-0.25, -0.2) is 4.98 Å². The fourth-order valence-corrected chi connectivity index (χ4v) is 2.06. The second kappa shape index (κ2) is 7.70. The van der Waals surface area contributed by atoms with Gasteiger partial charge in [-0.15, -0.1) is 0 Å². The number of hydrogen-bond donors (Lipinski definition) is 1. The lowest BCUT2D eigenvalue weighted by atomic mass is 10.1. The van der Waals surface area contributed by atoms with Gasteiger partial charge in [0.1, 0.15) is 5.75 Å². The minimum Gasteiger partial charge on any atom is -0.497 e. The first-order chi connectivity index (χ1) is 9.81. The van der Waals surface area contributed by atoms with Gasteiger partial charge in [0.2, 0.25) is 0 Å². The molecule has 2 rings (SSSR count). The SMILES string of the molecule is CCCNCc1cn(CCc2ccc(OC)cc2)cn1. The Labute approximate surface area is 120 Å². The number of rotatable bonds is 8. The molecule has 4 nitrogen and oxygen atoms in total. The van der Waals surface area contributed by atoms with E-state index in [9.17, 15) is 0 Å². The molecule has 0 saturated carbocycles. The van der Waals surface area contributed by atoms with Crippen LogP contribution in [0, 0.1) is 0 Å². The summed E-state index contributed by atoms with van der Waals surface area (Å²) in [5, 5.41) is 3.36.